The van der Waals surface area contributed by atoms with Crippen molar-refractivity contribution in [1.82, 2.24) is 0 Å². The molecule has 16 heavy (non-hydrogen) atoms. The van der Waals surface area contributed by atoms with E-state index in [0.717, 1.165) is 11.8 Å². The molecule has 0 rings (SSSR count). The normalized spacial score (nSPS) is 17.4. The van der Waals surface area contributed by atoms with Gasteiger partial charge in [-0.2, -0.15) is 0 Å². The minimum absolute atomic E-state index is 0.593. The van der Waals surface area contributed by atoms with Crippen LogP contribution in [0.2, 0.25) is 0 Å². The van der Waals surface area contributed by atoms with E-state index in [2.05, 4.69) is 41.5 Å². The van der Waals surface area contributed by atoms with Crippen molar-refractivity contribution in [2.75, 3.05) is 0 Å². The van der Waals surface area contributed by atoms with Gasteiger partial charge in [0.1, 0.15) is 0 Å². The topological polar surface area (TPSA) is 0 Å². The van der Waals surface area contributed by atoms with Crippen LogP contribution in [0.25, 0.3) is 0 Å². The molecule has 0 amide bonds. The van der Waals surface area contributed by atoms with E-state index in [1.807, 2.05) is 0 Å². The molecule has 2 unspecified atom stereocenters. The van der Waals surface area contributed by atoms with Crippen LogP contribution in [-0.2, 0) is 0 Å². The van der Waals surface area contributed by atoms with Crippen LogP contribution in [0.15, 0.2) is 0 Å². The molecular formula is C16H34. The van der Waals surface area contributed by atoms with Crippen LogP contribution in [0.5, 0.6) is 0 Å². The first kappa shape index (κ1) is 16.0. The van der Waals surface area contributed by atoms with Crippen molar-refractivity contribution in [2.45, 2.75) is 86.5 Å². The third-order valence-electron chi connectivity index (χ3n) is 4.19. The molecule has 0 saturated heterocycles. The minimum Gasteiger partial charge on any atom is -0.0654 e. The fourth-order valence-electron chi connectivity index (χ4n) is 2.92. The van der Waals surface area contributed by atoms with E-state index in [-0.39, 0.29) is 0 Å². The smallest absolute Gasteiger partial charge is 0.0326 e. The molecule has 2 atom stereocenters. The average Bonchev–Trinajstić information content (AvgIpc) is 2.23. The quantitative estimate of drug-likeness (QED) is 0.448. The SMILES string of the molecule is CCCC(CC)CCC(C)(CC)CC(C)C. The van der Waals surface area contributed by atoms with Crippen LogP contribution < -0.4 is 0 Å². The Morgan fingerprint density at radius 3 is 2.00 bits per heavy atom. The summed E-state index contributed by atoms with van der Waals surface area (Å²) in [6.07, 6.45) is 9.76. The molecule has 0 aliphatic carbocycles. The Bertz CT molecular complexity index is 159. The highest BCUT2D eigenvalue weighted by atomic mass is 14.3. The molecule has 98 valence electrons. The Balaban J connectivity index is 4.10. The van der Waals surface area contributed by atoms with Gasteiger partial charge in [-0.25, -0.2) is 0 Å². The first-order valence-corrected chi connectivity index (χ1v) is 7.47. The Kier molecular flexibility index (Phi) is 8.14. The number of rotatable bonds is 9. The molecule has 0 heteroatoms. The maximum absolute atomic E-state index is 2.49. The lowest BCUT2D eigenvalue weighted by molar-refractivity contribution is 0.202. The van der Waals surface area contributed by atoms with Crippen LogP contribution in [0, 0.1) is 17.3 Å². The van der Waals surface area contributed by atoms with E-state index in [1.54, 1.807) is 0 Å². The molecule has 0 saturated carbocycles. The van der Waals surface area contributed by atoms with Crippen molar-refractivity contribution >= 4 is 0 Å². The van der Waals surface area contributed by atoms with Gasteiger partial charge in [-0.05, 0) is 36.5 Å². The van der Waals surface area contributed by atoms with Gasteiger partial charge in [-0.3, -0.25) is 0 Å². The van der Waals surface area contributed by atoms with E-state index >= 15 is 0 Å². The molecule has 0 radical (unpaired) electrons. The van der Waals surface area contributed by atoms with Gasteiger partial charge in [0.15, 0.2) is 0 Å². The van der Waals surface area contributed by atoms with Crippen molar-refractivity contribution in [2.24, 2.45) is 17.3 Å². The van der Waals surface area contributed by atoms with E-state index in [0.29, 0.717) is 5.41 Å². The lowest BCUT2D eigenvalue weighted by Crippen LogP contribution is -2.19. The van der Waals surface area contributed by atoms with Gasteiger partial charge in [0.2, 0.25) is 0 Å². The standard InChI is InChI=1S/C16H34/c1-7-10-15(8-2)11-12-16(6,9-3)13-14(4)5/h14-15H,7-13H2,1-6H3. The molecule has 0 aliphatic heterocycles. The second-order valence-electron chi connectivity index (χ2n) is 6.36. The summed E-state index contributed by atoms with van der Waals surface area (Å²) in [5, 5.41) is 0. The van der Waals surface area contributed by atoms with Crippen molar-refractivity contribution < 1.29 is 0 Å². The highest BCUT2D eigenvalue weighted by Gasteiger charge is 2.24. The minimum atomic E-state index is 0.593. The monoisotopic (exact) mass is 226 g/mol. The summed E-state index contributed by atoms with van der Waals surface area (Å²) < 4.78 is 0. The van der Waals surface area contributed by atoms with Crippen LogP contribution in [0.1, 0.15) is 86.5 Å². The molecule has 0 aromatic heterocycles. The fourth-order valence-corrected chi connectivity index (χ4v) is 2.92. The van der Waals surface area contributed by atoms with E-state index in [1.165, 1.54) is 44.9 Å². The molecule has 0 N–H and O–H groups in total. The third kappa shape index (κ3) is 6.55. The lowest BCUT2D eigenvalue weighted by atomic mass is 9.74. The zero-order valence-electron chi connectivity index (χ0n) is 12.6. The molecule has 0 aromatic rings. The first-order valence-electron chi connectivity index (χ1n) is 7.47. The second kappa shape index (κ2) is 8.14. The molecule has 0 aliphatic rings. The number of hydrogen-bond donors (Lipinski definition) is 0. The van der Waals surface area contributed by atoms with Crippen molar-refractivity contribution in [3.8, 4) is 0 Å². The zero-order valence-corrected chi connectivity index (χ0v) is 12.6. The summed E-state index contributed by atoms with van der Waals surface area (Å²) in [6.45, 7) is 14.2. The fraction of sp³-hybridized carbons (Fsp3) is 1.00. The molecule has 0 aromatic carbocycles. The zero-order chi connectivity index (χ0) is 12.6. The Labute approximate surface area is 104 Å². The maximum Gasteiger partial charge on any atom is -0.0326 e. The van der Waals surface area contributed by atoms with Gasteiger partial charge >= 0.3 is 0 Å². The van der Waals surface area contributed by atoms with Crippen LogP contribution in [0.4, 0.5) is 0 Å². The second-order valence-corrected chi connectivity index (χ2v) is 6.36. The predicted molar refractivity (Wildman–Crippen MR) is 75.8 cm³/mol. The van der Waals surface area contributed by atoms with Gasteiger partial charge in [-0.15, -0.1) is 0 Å². The van der Waals surface area contributed by atoms with Crippen LogP contribution >= 0.6 is 0 Å². The molecule has 0 fully saturated rings. The van der Waals surface area contributed by atoms with Crippen molar-refractivity contribution in [1.29, 1.82) is 0 Å². The van der Waals surface area contributed by atoms with Crippen LogP contribution in [0.3, 0.4) is 0 Å². The van der Waals surface area contributed by atoms with E-state index in [9.17, 15) is 0 Å². The Hall–Kier alpha value is 0. The highest BCUT2D eigenvalue weighted by molar-refractivity contribution is 4.75. The lowest BCUT2D eigenvalue weighted by Gasteiger charge is -2.31. The Morgan fingerprint density at radius 1 is 1.00 bits per heavy atom. The molecular weight excluding hydrogens is 192 g/mol. The van der Waals surface area contributed by atoms with E-state index in [4.69, 9.17) is 0 Å². The summed E-state index contributed by atoms with van der Waals surface area (Å²) in [5.41, 5.74) is 0.593. The van der Waals surface area contributed by atoms with E-state index < -0.39 is 0 Å². The van der Waals surface area contributed by atoms with Crippen molar-refractivity contribution in [3.05, 3.63) is 0 Å². The molecule has 0 nitrogen and oxygen atoms in total. The first-order chi connectivity index (χ1) is 7.47. The molecule has 0 bridgehead atoms. The van der Waals surface area contributed by atoms with Gasteiger partial charge in [0, 0.05) is 0 Å². The molecule has 0 spiro atoms. The summed E-state index contributed by atoms with van der Waals surface area (Å²) in [4.78, 5) is 0. The summed E-state index contributed by atoms with van der Waals surface area (Å²) in [6, 6.07) is 0. The van der Waals surface area contributed by atoms with Gasteiger partial charge in [-0.1, -0.05) is 67.2 Å². The summed E-state index contributed by atoms with van der Waals surface area (Å²) in [7, 11) is 0. The third-order valence-corrected chi connectivity index (χ3v) is 4.19. The summed E-state index contributed by atoms with van der Waals surface area (Å²) >= 11 is 0. The molecule has 0 heterocycles. The van der Waals surface area contributed by atoms with Crippen LogP contribution in [-0.4, -0.2) is 0 Å². The Morgan fingerprint density at radius 2 is 1.62 bits per heavy atom. The highest BCUT2D eigenvalue weighted by Crippen LogP contribution is 2.36. The largest absolute Gasteiger partial charge is 0.0654 e. The maximum atomic E-state index is 2.49. The van der Waals surface area contributed by atoms with Gasteiger partial charge < -0.3 is 0 Å². The summed E-state index contributed by atoms with van der Waals surface area (Å²) in [5.74, 6) is 1.82. The van der Waals surface area contributed by atoms with Gasteiger partial charge in [0.25, 0.3) is 0 Å². The number of hydrogen-bond acceptors (Lipinski definition) is 0. The predicted octanol–water partition coefficient (Wildman–Crippen LogP) is 6.06. The average molecular weight is 226 g/mol. The van der Waals surface area contributed by atoms with Crippen molar-refractivity contribution in [3.63, 3.8) is 0 Å². The van der Waals surface area contributed by atoms with Gasteiger partial charge in [0.05, 0.1) is 0 Å².